The van der Waals surface area contributed by atoms with Gasteiger partial charge in [-0.15, -0.1) is 0 Å². The number of carbonyl (C=O) groups is 2. The van der Waals surface area contributed by atoms with E-state index >= 15 is 0 Å². The molecule has 4 aromatic rings. The highest BCUT2D eigenvalue weighted by Crippen LogP contribution is 2.23. The first-order chi connectivity index (χ1) is 17.0. The van der Waals surface area contributed by atoms with E-state index in [1.54, 1.807) is 30.3 Å². The van der Waals surface area contributed by atoms with Crippen molar-refractivity contribution in [3.8, 4) is 17.1 Å². The Morgan fingerprint density at radius 2 is 1.69 bits per heavy atom. The number of nitrogens with zero attached hydrogens (tertiary/aromatic N) is 1. The van der Waals surface area contributed by atoms with Gasteiger partial charge < -0.3 is 19.2 Å². The molecule has 0 fully saturated rings. The second-order valence-electron chi connectivity index (χ2n) is 8.33. The first kappa shape index (κ1) is 23.8. The fourth-order valence-electron chi connectivity index (χ4n) is 3.83. The largest absolute Gasteiger partial charge is 0.489 e. The highest BCUT2D eigenvalue weighted by molar-refractivity contribution is 5.94. The normalized spacial score (nSPS) is 10.7. The van der Waals surface area contributed by atoms with E-state index in [1.165, 1.54) is 0 Å². The van der Waals surface area contributed by atoms with Gasteiger partial charge in [-0.25, -0.2) is 0 Å². The minimum atomic E-state index is -0.812. The molecule has 3 aromatic carbocycles. The van der Waals surface area contributed by atoms with Gasteiger partial charge in [0.2, 0.25) is 0 Å². The number of benzene rings is 3. The van der Waals surface area contributed by atoms with Crippen molar-refractivity contribution in [1.82, 2.24) is 4.90 Å². The van der Waals surface area contributed by atoms with Gasteiger partial charge >= 0.3 is 5.97 Å². The summed E-state index contributed by atoms with van der Waals surface area (Å²) in [6.45, 7) is 0.747. The van der Waals surface area contributed by atoms with Gasteiger partial charge in [-0.2, -0.15) is 0 Å². The molecule has 0 aliphatic carbocycles. The van der Waals surface area contributed by atoms with Crippen LogP contribution in [0.25, 0.3) is 11.3 Å². The van der Waals surface area contributed by atoms with Gasteiger partial charge in [-0.3, -0.25) is 9.59 Å². The summed E-state index contributed by atoms with van der Waals surface area (Å²) in [4.78, 5) is 25.5. The van der Waals surface area contributed by atoms with Gasteiger partial charge in [0.15, 0.2) is 0 Å². The van der Waals surface area contributed by atoms with Crippen molar-refractivity contribution in [1.29, 1.82) is 0 Å². The van der Waals surface area contributed by atoms with Crippen molar-refractivity contribution >= 4 is 11.9 Å². The fourth-order valence-corrected chi connectivity index (χ4v) is 3.83. The number of amides is 1. The minimum Gasteiger partial charge on any atom is -0.489 e. The van der Waals surface area contributed by atoms with Gasteiger partial charge in [0.25, 0.3) is 5.91 Å². The highest BCUT2D eigenvalue weighted by Gasteiger charge is 2.15. The number of carbonyl (C=O) groups excluding carboxylic acids is 1. The van der Waals surface area contributed by atoms with Crippen molar-refractivity contribution in [2.75, 3.05) is 7.05 Å². The number of carboxylic acid groups (broad SMARTS) is 1. The van der Waals surface area contributed by atoms with Crippen LogP contribution in [0.15, 0.2) is 95.6 Å². The van der Waals surface area contributed by atoms with Gasteiger partial charge in [0, 0.05) is 36.7 Å². The number of para-hydroxylation sites is 1. The number of aryl methyl sites for hydroxylation is 1. The topological polar surface area (TPSA) is 80.0 Å². The van der Waals surface area contributed by atoms with Gasteiger partial charge in [-0.05, 0) is 47.9 Å². The third-order valence-electron chi connectivity index (χ3n) is 5.68. The average Bonchev–Trinajstić information content (AvgIpc) is 3.42. The molecule has 4 rings (SSSR count). The van der Waals surface area contributed by atoms with Crippen molar-refractivity contribution in [2.45, 2.75) is 26.0 Å². The molecule has 0 saturated carbocycles. The number of rotatable bonds is 10. The van der Waals surface area contributed by atoms with E-state index in [0.717, 1.165) is 28.0 Å². The van der Waals surface area contributed by atoms with Gasteiger partial charge in [0.05, 0.1) is 6.26 Å². The van der Waals surface area contributed by atoms with Crippen LogP contribution in [-0.4, -0.2) is 28.9 Å². The number of hydrogen-bond donors (Lipinski definition) is 1. The van der Waals surface area contributed by atoms with Crippen molar-refractivity contribution in [3.05, 3.63) is 113 Å². The summed E-state index contributed by atoms with van der Waals surface area (Å²) in [5.74, 6) is 0.566. The van der Waals surface area contributed by atoms with E-state index in [0.29, 0.717) is 30.9 Å². The molecule has 178 valence electrons. The van der Waals surface area contributed by atoms with Crippen LogP contribution in [0.2, 0.25) is 0 Å². The molecule has 35 heavy (non-hydrogen) atoms. The zero-order valence-corrected chi connectivity index (χ0v) is 19.5. The Balaban J connectivity index is 1.39. The number of furan rings is 1. The highest BCUT2D eigenvalue weighted by atomic mass is 16.5. The van der Waals surface area contributed by atoms with Crippen LogP contribution >= 0.6 is 0 Å². The smallest absolute Gasteiger partial charge is 0.303 e. The standard InChI is InChI=1S/C29H27NO5/c1-30(29(33)24-14-12-23(13-15-24)26-10-5-17-34-26)19-25-8-2-3-9-27(25)35-20-22-7-4-6-21(18-22)11-16-28(31)32/h2-10,12-15,17-18H,11,16,19-20H2,1H3,(H,31,32). The summed E-state index contributed by atoms with van der Waals surface area (Å²) in [6.07, 6.45) is 2.20. The molecular formula is C29H27NO5. The molecule has 0 radical (unpaired) electrons. The van der Waals surface area contributed by atoms with E-state index in [4.69, 9.17) is 14.3 Å². The van der Waals surface area contributed by atoms with E-state index in [-0.39, 0.29) is 12.3 Å². The van der Waals surface area contributed by atoms with Gasteiger partial charge in [0.1, 0.15) is 18.1 Å². The SMILES string of the molecule is CN(Cc1ccccc1OCc1cccc(CCC(=O)O)c1)C(=O)c1ccc(-c2ccco2)cc1. The van der Waals surface area contributed by atoms with Crippen LogP contribution in [0.3, 0.4) is 0 Å². The van der Waals surface area contributed by atoms with E-state index in [2.05, 4.69) is 0 Å². The lowest BCUT2D eigenvalue weighted by Gasteiger charge is -2.20. The summed E-state index contributed by atoms with van der Waals surface area (Å²) in [5.41, 5.74) is 4.34. The summed E-state index contributed by atoms with van der Waals surface area (Å²) in [5, 5.41) is 8.91. The monoisotopic (exact) mass is 469 g/mol. The molecule has 6 nitrogen and oxygen atoms in total. The predicted molar refractivity (Wildman–Crippen MR) is 133 cm³/mol. The van der Waals surface area contributed by atoms with Crippen LogP contribution in [0.4, 0.5) is 0 Å². The maximum absolute atomic E-state index is 13.0. The van der Waals surface area contributed by atoms with Crippen molar-refractivity contribution in [2.24, 2.45) is 0 Å². The first-order valence-electron chi connectivity index (χ1n) is 11.4. The molecule has 0 bridgehead atoms. The van der Waals surface area contributed by atoms with Crippen LogP contribution in [0.5, 0.6) is 5.75 Å². The van der Waals surface area contributed by atoms with Crippen LogP contribution < -0.4 is 4.74 Å². The molecule has 0 spiro atoms. The predicted octanol–water partition coefficient (Wildman–Crippen LogP) is 5.82. The molecule has 1 N–H and O–H groups in total. The van der Waals surface area contributed by atoms with Gasteiger partial charge in [-0.1, -0.05) is 54.6 Å². The Kier molecular flexibility index (Phi) is 7.63. The van der Waals surface area contributed by atoms with E-state index < -0.39 is 5.97 Å². The molecule has 1 aromatic heterocycles. The zero-order valence-electron chi connectivity index (χ0n) is 19.5. The lowest BCUT2D eigenvalue weighted by atomic mass is 10.1. The van der Waals surface area contributed by atoms with Crippen molar-refractivity contribution < 1.29 is 23.8 Å². The summed E-state index contributed by atoms with van der Waals surface area (Å²) >= 11 is 0. The molecule has 1 amide bonds. The number of aliphatic carboxylic acids is 1. The summed E-state index contributed by atoms with van der Waals surface area (Å²) < 4.78 is 11.5. The van der Waals surface area contributed by atoms with Crippen molar-refractivity contribution in [3.63, 3.8) is 0 Å². The molecule has 6 heteroatoms. The van der Waals surface area contributed by atoms with E-state index in [9.17, 15) is 9.59 Å². The quantitative estimate of drug-likeness (QED) is 0.317. The Bertz CT molecular complexity index is 1280. The number of ether oxygens (including phenoxy) is 1. The maximum atomic E-state index is 13.0. The molecule has 1 heterocycles. The summed E-state index contributed by atoms with van der Waals surface area (Å²) in [7, 11) is 1.77. The Morgan fingerprint density at radius 1 is 0.914 bits per heavy atom. The van der Waals surface area contributed by atoms with Crippen LogP contribution in [-0.2, 0) is 24.4 Å². The Hall–Kier alpha value is -4.32. The summed E-state index contributed by atoms with van der Waals surface area (Å²) in [6, 6.07) is 26.5. The molecule has 0 unspecified atom stereocenters. The Labute approximate surface area is 204 Å². The van der Waals surface area contributed by atoms with E-state index in [1.807, 2.05) is 72.8 Å². The lowest BCUT2D eigenvalue weighted by molar-refractivity contribution is -0.136. The lowest BCUT2D eigenvalue weighted by Crippen LogP contribution is -2.26. The minimum absolute atomic E-state index is 0.0862. The molecular weight excluding hydrogens is 442 g/mol. The number of hydrogen-bond acceptors (Lipinski definition) is 4. The fraction of sp³-hybridized carbons (Fsp3) is 0.172. The van der Waals surface area contributed by atoms with Crippen LogP contribution in [0, 0.1) is 0 Å². The second kappa shape index (κ2) is 11.2. The average molecular weight is 470 g/mol. The molecule has 0 saturated heterocycles. The first-order valence-corrected chi connectivity index (χ1v) is 11.4. The second-order valence-corrected chi connectivity index (χ2v) is 8.33. The third-order valence-corrected chi connectivity index (χ3v) is 5.68. The molecule has 0 aliphatic heterocycles. The van der Waals surface area contributed by atoms with Crippen LogP contribution in [0.1, 0.15) is 33.5 Å². The number of carboxylic acids is 1. The third kappa shape index (κ3) is 6.38. The zero-order chi connectivity index (χ0) is 24.6. The Morgan fingerprint density at radius 3 is 2.43 bits per heavy atom. The maximum Gasteiger partial charge on any atom is 0.303 e. The molecule has 0 aliphatic rings. The molecule has 0 atom stereocenters.